The van der Waals surface area contributed by atoms with E-state index in [-0.39, 0.29) is 10.6 Å². The Morgan fingerprint density at radius 3 is 2.37 bits per heavy atom. The number of nitrogens with zero attached hydrogens (tertiary/aromatic N) is 1. The maximum absolute atomic E-state index is 12.7. The van der Waals surface area contributed by atoms with Gasteiger partial charge in [-0.3, -0.25) is 4.72 Å². The summed E-state index contributed by atoms with van der Waals surface area (Å²) >= 11 is 0. The molecule has 3 N–H and O–H groups in total. The molecule has 0 saturated heterocycles. The first-order valence-electron chi connectivity index (χ1n) is 9.15. The normalized spacial score (nSPS) is 12.3. The number of fused-ring (bicyclic) bond motifs is 1. The quantitative estimate of drug-likeness (QED) is 0.470. The number of alkyl halides is 3. The van der Waals surface area contributed by atoms with Crippen LogP contribution in [-0.2, 0) is 22.7 Å². The Kier molecular flexibility index (Phi) is 6.59. The van der Waals surface area contributed by atoms with Gasteiger partial charge in [0.2, 0.25) is 0 Å². The molecule has 10 heteroatoms. The van der Waals surface area contributed by atoms with Gasteiger partial charge in [-0.05, 0) is 43.4 Å². The zero-order valence-electron chi connectivity index (χ0n) is 16.1. The van der Waals surface area contributed by atoms with Crippen LogP contribution in [0.5, 0.6) is 0 Å². The van der Waals surface area contributed by atoms with E-state index in [0.29, 0.717) is 12.1 Å². The number of benzene rings is 2. The summed E-state index contributed by atoms with van der Waals surface area (Å²) < 4.78 is 66.0. The molecule has 2 aromatic carbocycles. The minimum absolute atomic E-state index is 0.254. The van der Waals surface area contributed by atoms with E-state index in [4.69, 9.17) is 0 Å². The van der Waals surface area contributed by atoms with Gasteiger partial charge in [-0.15, -0.1) is 0 Å². The number of pyridine rings is 1. The van der Waals surface area contributed by atoms with E-state index >= 15 is 0 Å². The molecule has 0 saturated carbocycles. The molecule has 0 atom stereocenters. The van der Waals surface area contributed by atoms with Crippen LogP contribution in [0.3, 0.4) is 0 Å². The second-order valence-corrected chi connectivity index (χ2v) is 8.27. The molecule has 1 heterocycles. The van der Waals surface area contributed by atoms with E-state index < -0.39 is 21.8 Å². The Bertz CT molecular complexity index is 1120. The van der Waals surface area contributed by atoms with Crippen LogP contribution in [0.15, 0.2) is 59.5 Å². The standard InChI is InChI=1S/C20H21F3N4O2S/c1-24-11-12-25-13-16-8-5-14-3-2-4-18(19(14)26-16)27-30(28,29)17-9-6-15(7-10-17)20(21,22)23/h2-10,24-25,27H,11-13H2,1H3. The van der Waals surface area contributed by atoms with Crippen LogP contribution < -0.4 is 15.4 Å². The highest BCUT2D eigenvalue weighted by atomic mass is 32.2. The highest BCUT2D eigenvalue weighted by molar-refractivity contribution is 7.92. The summed E-state index contributed by atoms with van der Waals surface area (Å²) in [4.78, 5) is 4.27. The predicted molar refractivity (Wildman–Crippen MR) is 110 cm³/mol. The first-order chi connectivity index (χ1) is 14.2. The maximum atomic E-state index is 12.7. The van der Waals surface area contributed by atoms with E-state index in [0.717, 1.165) is 48.4 Å². The second-order valence-electron chi connectivity index (χ2n) is 6.59. The summed E-state index contributed by atoms with van der Waals surface area (Å²) in [5, 5.41) is 6.98. The zero-order valence-corrected chi connectivity index (χ0v) is 16.9. The minimum Gasteiger partial charge on any atom is -0.318 e. The third-order valence-electron chi connectivity index (χ3n) is 4.37. The molecule has 6 nitrogen and oxygen atoms in total. The SMILES string of the molecule is CNCCNCc1ccc2cccc(NS(=O)(=O)c3ccc(C(F)(F)F)cc3)c2n1. The highest BCUT2D eigenvalue weighted by Crippen LogP contribution is 2.30. The van der Waals surface area contributed by atoms with Gasteiger partial charge in [0.15, 0.2) is 0 Å². The van der Waals surface area contributed by atoms with Gasteiger partial charge in [-0.1, -0.05) is 18.2 Å². The molecule has 3 aromatic rings. The molecule has 0 aliphatic carbocycles. The van der Waals surface area contributed by atoms with Gasteiger partial charge in [0.05, 0.1) is 27.4 Å². The molecule has 0 bridgehead atoms. The molecule has 0 amide bonds. The first kappa shape index (κ1) is 22.0. The van der Waals surface area contributed by atoms with Crippen molar-refractivity contribution in [2.45, 2.75) is 17.6 Å². The van der Waals surface area contributed by atoms with Crippen LogP contribution in [0.2, 0.25) is 0 Å². The van der Waals surface area contributed by atoms with Gasteiger partial charge >= 0.3 is 6.18 Å². The highest BCUT2D eigenvalue weighted by Gasteiger charge is 2.30. The predicted octanol–water partition coefficient (Wildman–Crippen LogP) is 3.36. The molecule has 0 spiro atoms. The van der Waals surface area contributed by atoms with Crippen molar-refractivity contribution in [3.63, 3.8) is 0 Å². The van der Waals surface area contributed by atoms with Gasteiger partial charge in [-0.2, -0.15) is 13.2 Å². The number of hydrogen-bond donors (Lipinski definition) is 3. The minimum atomic E-state index is -4.53. The molecule has 0 aliphatic heterocycles. The van der Waals surface area contributed by atoms with Crippen molar-refractivity contribution in [3.05, 3.63) is 65.9 Å². The van der Waals surface area contributed by atoms with Gasteiger partial charge in [0.1, 0.15) is 0 Å². The largest absolute Gasteiger partial charge is 0.416 e. The fraction of sp³-hybridized carbons (Fsp3) is 0.250. The Morgan fingerprint density at radius 2 is 1.70 bits per heavy atom. The fourth-order valence-electron chi connectivity index (χ4n) is 2.82. The van der Waals surface area contributed by atoms with Crippen LogP contribution in [0.4, 0.5) is 18.9 Å². The maximum Gasteiger partial charge on any atom is 0.416 e. The zero-order chi connectivity index (χ0) is 21.8. The molecule has 0 aliphatic rings. The van der Waals surface area contributed by atoms with Crippen LogP contribution in [-0.4, -0.2) is 33.5 Å². The average molecular weight is 438 g/mol. The number of aromatic nitrogens is 1. The monoisotopic (exact) mass is 438 g/mol. The number of rotatable bonds is 8. The van der Waals surface area contributed by atoms with E-state index in [1.165, 1.54) is 0 Å². The third kappa shape index (κ3) is 5.26. The van der Waals surface area contributed by atoms with Crippen molar-refractivity contribution in [2.75, 3.05) is 24.9 Å². The molecule has 160 valence electrons. The summed E-state index contributed by atoms with van der Waals surface area (Å²) in [6.07, 6.45) is -4.53. The van der Waals surface area contributed by atoms with Crippen molar-refractivity contribution in [2.24, 2.45) is 0 Å². The Balaban J connectivity index is 1.86. The van der Waals surface area contributed by atoms with Crippen LogP contribution >= 0.6 is 0 Å². The van der Waals surface area contributed by atoms with Crippen LogP contribution in [0.1, 0.15) is 11.3 Å². The van der Waals surface area contributed by atoms with Crippen molar-refractivity contribution >= 4 is 26.6 Å². The summed E-state index contributed by atoms with van der Waals surface area (Å²) in [6.45, 7) is 2.06. The van der Waals surface area contributed by atoms with Crippen LogP contribution in [0.25, 0.3) is 10.9 Å². The Labute approximate surface area is 172 Å². The molecular weight excluding hydrogens is 417 g/mol. The van der Waals surface area contributed by atoms with Gasteiger partial charge < -0.3 is 10.6 Å². The lowest BCUT2D eigenvalue weighted by atomic mass is 10.2. The first-order valence-corrected chi connectivity index (χ1v) is 10.6. The van der Waals surface area contributed by atoms with Crippen molar-refractivity contribution in [1.29, 1.82) is 0 Å². The Morgan fingerprint density at radius 1 is 0.967 bits per heavy atom. The smallest absolute Gasteiger partial charge is 0.318 e. The lowest BCUT2D eigenvalue weighted by Gasteiger charge is -2.12. The topological polar surface area (TPSA) is 83.1 Å². The molecule has 30 heavy (non-hydrogen) atoms. The number of nitrogens with one attached hydrogen (secondary N) is 3. The van der Waals surface area contributed by atoms with Gasteiger partial charge in [0, 0.05) is 25.0 Å². The number of hydrogen-bond acceptors (Lipinski definition) is 5. The summed E-state index contributed by atoms with van der Waals surface area (Å²) in [7, 11) is -2.23. The van der Waals surface area contributed by atoms with E-state index in [1.807, 2.05) is 19.2 Å². The Hall–Kier alpha value is -2.69. The molecule has 1 aromatic heterocycles. The number of para-hydroxylation sites is 1. The molecule has 3 rings (SSSR count). The van der Waals surface area contributed by atoms with Gasteiger partial charge in [-0.25, -0.2) is 13.4 Å². The van der Waals surface area contributed by atoms with Crippen LogP contribution in [0, 0.1) is 0 Å². The summed E-state index contributed by atoms with van der Waals surface area (Å²) in [5.41, 5.74) is 0.536. The lowest BCUT2D eigenvalue weighted by Crippen LogP contribution is -2.24. The molecular formula is C20H21F3N4O2S. The van der Waals surface area contributed by atoms with Crippen molar-refractivity contribution < 1.29 is 21.6 Å². The summed E-state index contributed by atoms with van der Waals surface area (Å²) in [6, 6.07) is 12.1. The third-order valence-corrected chi connectivity index (χ3v) is 5.75. The number of anilines is 1. The van der Waals surface area contributed by atoms with Gasteiger partial charge in [0.25, 0.3) is 10.0 Å². The summed E-state index contributed by atoms with van der Waals surface area (Å²) in [5.74, 6) is 0. The molecule has 0 fully saturated rings. The van der Waals surface area contributed by atoms with E-state index in [1.54, 1.807) is 18.2 Å². The van der Waals surface area contributed by atoms with E-state index in [9.17, 15) is 21.6 Å². The molecule has 0 radical (unpaired) electrons. The fourth-order valence-corrected chi connectivity index (χ4v) is 3.89. The average Bonchev–Trinajstić information content (AvgIpc) is 2.71. The van der Waals surface area contributed by atoms with Crippen molar-refractivity contribution in [1.82, 2.24) is 15.6 Å². The lowest BCUT2D eigenvalue weighted by molar-refractivity contribution is -0.137. The van der Waals surface area contributed by atoms with Crippen molar-refractivity contribution in [3.8, 4) is 0 Å². The number of halogens is 3. The van der Waals surface area contributed by atoms with E-state index in [2.05, 4.69) is 20.3 Å². The second kappa shape index (κ2) is 8.99. The number of likely N-dealkylation sites (N-methyl/N-ethyl adjacent to an activating group) is 1. The molecule has 0 unspecified atom stereocenters. The number of sulfonamides is 1.